The van der Waals surface area contributed by atoms with E-state index in [1.54, 1.807) is 12.1 Å². The molecular formula is C19H21N3O2S. The van der Waals surface area contributed by atoms with Gasteiger partial charge in [0.1, 0.15) is 0 Å². The van der Waals surface area contributed by atoms with E-state index in [0.717, 1.165) is 17.0 Å². The summed E-state index contributed by atoms with van der Waals surface area (Å²) >= 11 is 1.49. The first-order chi connectivity index (χ1) is 12.0. The molecule has 6 heteroatoms. The van der Waals surface area contributed by atoms with Crippen molar-refractivity contribution in [2.45, 2.75) is 18.0 Å². The van der Waals surface area contributed by atoms with Crippen LogP contribution in [-0.4, -0.2) is 36.6 Å². The fourth-order valence-corrected chi connectivity index (χ4v) is 3.52. The first kappa shape index (κ1) is 17.5. The number of carbonyl (C=O) groups excluding carboxylic acids is 2. The van der Waals surface area contributed by atoms with E-state index in [4.69, 9.17) is 0 Å². The molecule has 0 atom stereocenters. The highest BCUT2D eigenvalue weighted by atomic mass is 32.2. The van der Waals surface area contributed by atoms with Crippen LogP contribution in [0.2, 0.25) is 0 Å². The molecule has 0 aromatic heterocycles. The summed E-state index contributed by atoms with van der Waals surface area (Å²) in [7, 11) is 4.05. The first-order valence-electron chi connectivity index (χ1n) is 8.09. The number of nitrogens with zero attached hydrogens (tertiary/aromatic N) is 1. The van der Waals surface area contributed by atoms with Crippen molar-refractivity contribution in [3.8, 4) is 0 Å². The number of nitrogens with one attached hydrogen (secondary N) is 2. The van der Waals surface area contributed by atoms with E-state index in [1.165, 1.54) is 17.3 Å². The van der Waals surface area contributed by atoms with E-state index in [2.05, 4.69) is 21.6 Å². The van der Waals surface area contributed by atoms with Crippen LogP contribution in [0.4, 0.5) is 5.69 Å². The van der Waals surface area contributed by atoms with Crippen LogP contribution < -0.4 is 10.6 Å². The number of carbonyl (C=O) groups is 2. The Balaban J connectivity index is 1.69. The number of rotatable bonds is 5. The van der Waals surface area contributed by atoms with Crippen molar-refractivity contribution in [2.24, 2.45) is 0 Å². The fourth-order valence-electron chi connectivity index (χ4n) is 2.73. The molecule has 130 valence electrons. The minimum atomic E-state index is -0.146. The number of benzene rings is 2. The lowest BCUT2D eigenvalue weighted by Crippen LogP contribution is -2.25. The standard InChI is InChI=1S/C19H21N3O2S/c1-22(2)11-15-6-4-3-5-14(15)10-20-19(24)13-7-8-17-16(9-13)21-18(23)12-25-17/h3-9H,10-12H2,1-2H3,(H,20,24)(H,21,23). The van der Waals surface area contributed by atoms with E-state index in [-0.39, 0.29) is 11.8 Å². The largest absolute Gasteiger partial charge is 0.348 e. The average molecular weight is 355 g/mol. The van der Waals surface area contributed by atoms with Gasteiger partial charge in [0, 0.05) is 23.5 Å². The molecule has 2 aromatic carbocycles. The molecule has 0 aliphatic carbocycles. The van der Waals surface area contributed by atoms with Crippen LogP contribution in [-0.2, 0) is 17.9 Å². The molecule has 2 aromatic rings. The molecule has 1 aliphatic rings. The average Bonchev–Trinajstić information content (AvgIpc) is 2.59. The highest BCUT2D eigenvalue weighted by Crippen LogP contribution is 2.31. The highest BCUT2D eigenvalue weighted by Gasteiger charge is 2.17. The van der Waals surface area contributed by atoms with E-state index in [1.807, 2.05) is 38.4 Å². The molecule has 5 nitrogen and oxygen atoms in total. The first-order valence-corrected chi connectivity index (χ1v) is 9.08. The third kappa shape index (κ3) is 4.41. The van der Waals surface area contributed by atoms with Gasteiger partial charge in [-0.2, -0.15) is 0 Å². The molecule has 0 unspecified atom stereocenters. The highest BCUT2D eigenvalue weighted by molar-refractivity contribution is 8.00. The number of hydrogen-bond acceptors (Lipinski definition) is 4. The van der Waals surface area contributed by atoms with Crippen molar-refractivity contribution in [1.82, 2.24) is 10.2 Å². The molecule has 0 saturated carbocycles. The maximum absolute atomic E-state index is 12.5. The number of thioether (sulfide) groups is 1. The Morgan fingerprint density at radius 3 is 2.72 bits per heavy atom. The van der Waals surface area contributed by atoms with E-state index >= 15 is 0 Å². The van der Waals surface area contributed by atoms with Crippen molar-refractivity contribution >= 4 is 29.3 Å². The molecular weight excluding hydrogens is 334 g/mol. The predicted octanol–water partition coefficient (Wildman–Crippen LogP) is 2.72. The number of hydrogen-bond donors (Lipinski definition) is 2. The Bertz CT molecular complexity index is 805. The van der Waals surface area contributed by atoms with Crippen molar-refractivity contribution in [1.29, 1.82) is 0 Å². The van der Waals surface area contributed by atoms with Gasteiger partial charge >= 0.3 is 0 Å². The molecule has 0 radical (unpaired) electrons. The lowest BCUT2D eigenvalue weighted by Gasteiger charge is -2.17. The quantitative estimate of drug-likeness (QED) is 0.866. The topological polar surface area (TPSA) is 61.4 Å². The van der Waals surface area contributed by atoms with Crippen LogP contribution in [0.15, 0.2) is 47.4 Å². The zero-order chi connectivity index (χ0) is 17.8. The SMILES string of the molecule is CN(C)Cc1ccccc1CNC(=O)c1ccc2c(c1)NC(=O)CS2. The Kier molecular flexibility index (Phi) is 5.40. The molecule has 3 rings (SSSR count). The van der Waals surface area contributed by atoms with Gasteiger partial charge in [-0.25, -0.2) is 0 Å². The van der Waals surface area contributed by atoms with Crippen molar-refractivity contribution in [2.75, 3.05) is 25.2 Å². The molecule has 0 bridgehead atoms. The Morgan fingerprint density at radius 2 is 1.96 bits per heavy atom. The smallest absolute Gasteiger partial charge is 0.251 e. The molecule has 0 fully saturated rings. The zero-order valence-electron chi connectivity index (χ0n) is 14.3. The van der Waals surface area contributed by atoms with Crippen molar-refractivity contribution in [3.63, 3.8) is 0 Å². The summed E-state index contributed by atoms with van der Waals surface area (Å²) in [6.45, 7) is 1.30. The maximum Gasteiger partial charge on any atom is 0.251 e. The Morgan fingerprint density at radius 1 is 1.20 bits per heavy atom. The van der Waals surface area contributed by atoms with E-state index < -0.39 is 0 Å². The van der Waals surface area contributed by atoms with Gasteiger partial charge in [-0.15, -0.1) is 11.8 Å². The van der Waals surface area contributed by atoms with Gasteiger partial charge in [0.2, 0.25) is 5.91 Å². The minimum Gasteiger partial charge on any atom is -0.348 e. The summed E-state index contributed by atoms with van der Waals surface area (Å²) in [5.41, 5.74) is 3.56. The number of anilines is 1. The van der Waals surface area contributed by atoms with Gasteiger partial charge in [0.25, 0.3) is 5.91 Å². The molecule has 0 spiro atoms. The Hall–Kier alpha value is -2.31. The van der Waals surface area contributed by atoms with Crippen LogP contribution in [0.1, 0.15) is 21.5 Å². The van der Waals surface area contributed by atoms with Gasteiger partial charge in [-0.05, 0) is 43.4 Å². The van der Waals surface area contributed by atoms with Gasteiger partial charge in [-0.1, -0.05) is 24.3 Å². The summed E-state index contributed by atoms with van der Waals surface area (Å²) in [6.07, 6.45) is 0. The Labute approximate surface area is 151 Å². The lowest BCUT2D eigenvalue weighted by atomic mass is 10.1. The predicted molar refractivity (Wildman–Crippen MR) is 101 cm³/mol. The summed E-state index contributed by atoms with van der Waals surface area (Å²) in [4.78, 5) is 27.1. The van der Waals surface area contributed by atoms with Crippen LogP contribution in [0, 0.1) is 0 Å². The summed E-state index contributed by atoms with van der Waals surface area (Å²) in [6, 6.07) is 13.5. The number of amides is 2. The molecule has 1 aliphatic heterocycles. The van der Waals surface area contributed by atoms with E-state index in [9.17, 15) is 9.59 Å². The molecule has 2 amide bonds. The third-order valence-electron chi connectivity index (χ3n) is 3.92. The van der Waals surface area contributed by atoms with Gasteiger partial charge in [0.05, 0.1) is 11.4 Å². The van der Waals surface area contributed by atoms with Crippen molar-refractivity contribution < 1.29 is 9.59 Å². The van der Waals surface area contributed by atoms with Gasteiger partial charge in [0.15, 0.2) is 0 Å². The fraction of sp³-hybridized carbons (Fsp3) is 0.263. The summed E-state index contributed by atoms with van der Waals surface area (Å²) in [5, 5.41) is 5.78. The van der Waals surface area contributed by atoms with Crippen LogP contribution in [0.25, 0.3) is 0 Å². The zero-order valence-corrected chi connectivity index (χ0v) is 15.2. The van der Waals surface area contributed by atoms with Crippen molar-refractivity contribution in [3.05, 3.63) is 59.2 Å². The van der Waals surface area contributed by atoms with Gasteiger partial charge in [-0.3, -0.25) is 9.59 Å². The summed E-state index contributed by atoms with van der Waals surface area (Å²) < 4.78 is 0. The number of fused-ring (bicyclic) bond motifs is 1. The minimum absolute atomic E-state index is 0.0346. The maximum atomic E-state index is 12.5. The second-order valence-corrected chi connectivity index (χ2v) is 7.25. The molecule has 2 N–H and O–H groups in total. The monoisotopic (exact) mass is 355 g/mol. The van der Waals surface area contributed by atoms with Gasteiger partial charge < -0.3 is 15.5 Å². The molecule has 25 heavy (non-hydrogen) atoms. The second kappa shape index (κ2) is 7.72. The normalized spacial score (nSPS) is 13.3. The van der Waals surface area contributed by atoms with Crippen LogP contribution in [0.3, 0.4) is 0 Å². The molecule has 1 heterocycles. The van der Waals surface area contributed by atoms with Crippen LogP contribution in [0.5, 0.6) is 0 Å². The lowest BCUT2D eigenvalue weighted by molar-refractivity contribution is -0.113. The van der Waals surface area contributed by atoms with Crippen LogP contribution >= 0.6 is 11.8 Å². The second-order valence-electron chi connectivity index (χ2n) is 6.24. The third-order valence-corrected chi connectivity index (χ3v) is 4.99. The van der Waals surface area contributed by atoms with E-state index in [0.29, 0.717) is 23.5 Å². The summed E-state index contributed by atoms with van der Waals surface area (Å²) in [5.74, 6) is 0.237. The molecule has 0 saturated heterocycles.